The van der Waals surface area contributed by atoms with E-state index in [1.165, 1.54) is 11.3 Å². The van der Waals surface area contributed by atoms with E-state index >= 15 is 0 Å². The zero-order valence-corrected chi connectivity index (χ0v) is 12.6. The Balaban J connectivity index is 1.56. The normalized spacial score (nSPS) is 19.0. The van der Waals surface area contributed by atoms with Crippen LogP contribution in [0.1, 0.15) is 20.4 Å². The number of carbonyl (C=O) groups excluding carboxylic acids is 3. The lowest BCUT2D eigenvalue weighted by Crippen LogP contribution is -2.54. The average Bonchev–Trinajstić information content (AvgIpc) is 2.87. The van der Waals surface area contributed by atoms with Gasteiger partial charge in [-0.15, -0.1) is 11.3 Å². The Hall–Kier alpha value is -1.96. The molecule has 0 radical (unpaired) electrons. The minimum Gasteiger partial charge on any atom is -0.439 e. The number of cyclic esters (lactones) is 1. The number of amides is 3. The predicted molar refractivity (Wildman–Crippen MR) is 74.0 cm³/mol. The lowest BCUT2D eigenvalue weighted by molar-refractivity contribution is -0.126. The molecule has 0 atom stereocenters. The smallest absolute Gasteiger partial charge is 0.417 e. The number of likely N-dealkylation sites (tertiary alicyclic amines) is 1. The predicted octanol–water partition coefficient (Wildman–Crippen LogP) is 0.811. The maximum Gasteiger partial charge on any atom is 0.417 e. The van der Waals surface area contributed by atoms with E-state index in [1.54, 1.807) is 4.90 Å². The van der Waals surface area contributed by atoms with Crippen LogP contribution in [-0.4, -0.2) is 58.9 Å². The molecular formula is C13H15N3O4S. The summed E-state index contributed by atoms with van der Waals surface area (Å²) >= 11 is 1.39. The average molecular weight is 309 g/mol. The van der Waals surface area contributed by atoms with E-state index in [-0.39, 0.29) is 24.3 Å². The van der Waals surface area contributed by atoms with Crippen LogP contribution in [-0.2, 0) is 9.53 Å². The standard InChI is InChI=1S/C13H15N3O4S/c1-7-11(21-8(2)14-7)12(18)15-3-9(4-15)5-16-10(17)6-20-13(16)19/h9H,3-6H2,1-2H3. The number of hydrogen-bond acceptors (Lipinski definition) is 6. The summed E-state index contributed by atoms with van der Waals surface area (Å²) in [6, 6.07) is 0. The third-order valence-electron chi connectivity index (χ3n) is 3.62. The van der Waals surface area contributed by atoms with Crippen LogP contribution < -0.4 is 0 Å². The van der Waals surface area contributed by atoms with Gasteiger partial charge in [0.2, 0.25) is 0 Å². The van der Waals surface area contributed by atoms with Gasteiger partial charge in [-0.2, -0.15) is 0 Å². The number of ether oxygens (including phenoxy) is 1. The fourth-order valence-electron chi connectivity index (χ4n) is 2.54. The monoisotopic (exact) mass is 309 g/mol. The lowest BCUT2D eigenvalue weighted by Gasteiger charge is -2.40. The van der Waals surface area contributed by atoms with Gasteiger partial charge in [0.15, 0.2) is 6.61 Å². The van der Waals surface area contributed by atoms with Crippen molar-refractivity contribution < 1.29 is 19.1 Å². The Morgan fingerprint density at radius 1 is 1.38 bits per heavy atom. The molecule has 1 aromatic rings. The molecule has 2 fully saturated rings. The molecule has 3 amide bonds. The van der Waals surface area contributed by atoms with Crippen LogP contribution in [0.25, 0.3) is 0 Å². The fraction of sp³-hybridized carbons (Fsp3) is 0.538. The first kappa shape index (κ1) is 14.0. The summed E-state index contributed by atoms with van der Waals surface area (Å²) in [5.41, 5.74) is 0.754. The first-order chi connectivity index (χ1) is 9.95. The van der Waals surface area contributed by atoms with Gasteiger partial charge in [0.25, 0.3) is 11.8 Å². The SMILES string of the molecule is Cc1nc(C)c(C(=O)N2CC(CN3C(=O)COC3=O)C2)s1. The van der Waals surface area contributed by atoms with Crippen molar-refractivity contribution in [1.29, 1.82) is 0 Å². The summed E-state index contributed by atoms with van der Waals surface area (Å²) in [4.78, 5) is 42.8. The highest BCUT2D eigenvalue weighted by Gasteiger charge is 2.39. The molecule has 0 N–H and O–H groups in total. The molecule has 0 bridgehead atoms. The van der Waals surface area contributed by atoms with E-state index in [0.717, 1.165) is 15.6 Å². The molecule has 2 saturated heterocycles. The summed E-state index contributed by atoms with van der Waals surface area (Å²) in [6.45, 7) is 4.94. The van der Waals surface area contributed by atoms with Gasteiger partial charge in [0.1, 0.15) is 4.88 Å². The topological polar surface area (TPSA) is 79.8 Å². The summed E-state index contributed by atoms with van der Waals surface area (Å²) in [5, 5.41) is 0.873. The molecule has 3 heterocycles. The quantitative estimate of drug-likeness (QED) is 0.825. The van der Waals surface area contributed by atoms with Gasteiger partial charge in [0.05, 0.1) is 10.7 Å². The Morgan fingerprint density at radius 2 is 2.10 bits per heavy atom. The number of rotatable bonds is 3. The van der Waals surface area contributed by atoms with Gasteiger partial charge in [0, 0.05) is 25.6 Å². The highest BCUT2D eigenvalue weighted by Crippen LogP contribution is 2.25. The van der Waals surface area contributed by atoms with Gasteiger partial charge in [-0.3, -0.25) is 9.59 Å². The molecule has 7 nitrogen and oxygen atoms in total. The van der Waals surface area contributed by atoms with Crippen molar-refractivity contribution >= 4 is 29.2 Å². The van der Waals surface area contributed by atoms with Crippen LogP contribution in [0.4, 0.5) is 4.79 Å². The fourth-order valence-corrected chi connectivity index (χ4v) is 3.43. The molecule has 0 unspecified atom stereocenters. The molecule has 2 aliphatic rings. The van der Waals surface area contributed by atoms with E-state index in [9.17, 15) is 14.4 Å². The van der Waals surface area contributed by atoms with E-state index in [0.29, 0.717) is 24.5 Å². The number of aryl methyl sites for hydroxylation is 2. The van der Waals surface area contributed by atoms with E-state index < -0.39 is 6.09 Å². The van der Waals surface area contributed by atoms with Gasteiger partial charge >= 0.3 is 6.09 Å². The summed E-state index contributed by atoms with van der Waals surface area (Å²) in [6.07, 6.45) is -0.585. The first-order valence-corrected chi connectivity index (χ1v) is 7.47. The molecule has 0 spiro atoms. The minimum atomic E-state index is -0.585. The molecule has 3 rings (SSSR count). The minimum absolute atomic E-state index is 0.0234. The van der Waals surface area contributed by atoms with Crippen LogP contribution >= 0.6 is 11.3 Å². The van der Waals surface area contributed by atoms with Crippen LogP contribution in [0.3, 0.4) is 0 Å². The molecular weight excluding hydrogens is 294 g/mol. The van der Waals surface area contributed by atoms with Gasteiger partial charge in [-0.25, -0.2) is 14.7 Å². The van der Waals surface area contributed by atoms with Crippen LogP contribution in [0.15, 0.2) is 0 Å². The first-order valence-electron chi connectivity index (χ1n) is 6.66. The number of hydrogen-bond donors (Lipinski definition) is 0. The number of nitrogens with zero attached hydrogens (tertiary/aromatic N) is 3. The van der Waals surface area contributed by atoms with Gasteiger partial charge in [-0.1, -0.05) is 0 Å². The van der Waals surface area contributed by atoms with Gasteiger partial charge < -0.3 is 9.64 Å². The van der Waals surface area contributed by atoms with Crippen molar-refractivity contribution in [3.63, 3.8) is 0 Å². The summed E-state index contributed by atoms with van der Waals surface area (Å²) in [5.74, 6) is -0.207. The zero-order valence-electron chi connectivity index (χ0n) is 11.8. The third-order valence-corrected chi connectivity index (χ3v) is 4.68. The number of thiazole rings is 1. The third kappa shape index (κ3) is 2.51. The van der Waals surface area contributed by atoms with Crippen molar-refractivity contribution in [2.45, 2.75) is 13.8 Å². The van der Waals surface area contributed by atoms with Crippen LogP contribution in [0.5, 0.6) is 0 Å². The highest BCUT2D eigenvalue weighted by molar-refractivity contribution is 7.13. The molecule has 112 valence electrons. The second-order valence-corrected chi connectivity index (χ2v) is 6.49. The van der Waals surface area contributed by atoms with Crippen molar-refractivity contribution in [3.8, 4) is 0 Å². The lowest BCUT2D eigenvalue weighted by atomic mass is 9.99. The summed E-state index contributed by atoms with van der Waals surface area (Å²) < 4.78 is 4.66. The largest absolute Gasteiger partial charge is 0.439 e. The van der Waals surface area contributed by atoms with E-state index in [2.05, 4.69) is 9.72 Å². The Labute approximate surface area is 125 Å². The molecule has 8 heteroatoms. The number of aromatic nitrogens is 1. The van der Waals surface area contributed by atoms with Crippen LogP contribution in [0, 0.1) is 19.8 Å². The molecule has 0 aromatic carbocycles. The maximum absolute atomic E-state index is 12.3. The van der Waals surface area contributed by atoms with E-state index in [1.807, 2.05) is 13.8 Å². The van der Waals surface area contributed by atoms with Crippen molar-refractivity contribution in [2.75, 3.05) is 26.2 Å². The second-order valence-electron chi connectivity index (χ2n) is 5.28. The van der Waals surface area contributed by atoms with Crippen molar-refractivity contribution in [3.05, 3.63) is 15.6 Å². The molecule has 21 heavy (non-hydrogen) atoms. The van der Waals surface area contributed by atoms with Gasteiger partial charge in [-0.05, 0) is 13.8 Å². The maximum atomic E-state index is 12.3. The Bertz CT molecular complexity index is 605. The number of imide groups is 1. The van der Waals surface area contributed by atoms with E-state index in [4.69, 9.17) is 0 Å². The second kappa shape index (κ2) is 5.10. The molecule has 2 aliphatic heterocycles. The summed E-state index contributed by atoms with van der Waals surface area (Å²) in [7, 11) is 0. The Kier molecular flexibility index (Phi) is 3.40. The molecule has 0 aliphatic carbocycles. The van der Waals surface area contributed by atoms with Crippen molar-refractivity contribution in [2.24, 2.45) is 5.92 Å². The number of carbonyl (C=O) groups is 3. The zero-order chi connectivity index (χ0) is 15.1. The highest BCUT2D eigenvalue weighted by atomic mass is 32.1. The molecule has 0 saturated carbocycles. The Morgan fingerprint density at radius 3 is 2.62 bits per heavy atom. The van der Waals surface area contributed by atoms with Crippen molar-refractivity contribution in [1.82, 2.24) is 14.8 Å². The molecule has 1 aromatic heterocycles. The van der Waals surface area contributed by atoms with Crippen LogP contribution in [0.2, 0.25) is 0 Å².